The van der Waals surface area contributed by atoms with Gasteiger partial charge in [0.05, 0.1) is 18.2 Å². The van der Waals surface area contributed by atoms with E-state index in [0.717, 1.165) is 12.8 Å². The van der Waals surface area contributed by atoms with Crippen molar-refractivity contribution < 1.29 is 14.0 Å². The maximum absolute atomic E-state index is 13.0. The maximum Gasteiger partial charge on any atom is 0.251 e. The first kappa shape index (κ1) is 14.2. The van der Waals surface area contributed by atoms with Crippen molar-refractivity contribution in [1.82, 2.24) is 5.32 Å². The molecule has 1 heterocycles. The number of rotatable bonds is 3. The van der Waals surface area contributed by atoms with Gasteiger partial charge in [0.1, 0.15) is 5.82 Å². The van der Waals surface area contributed by atoms with Crippen molar-refractivity contribution in [2.45, 2.75) is 50.6 Å². The van der Waals surface area contributed by atoms with E-state index in [0.29, 0.717) is 11.7 Å². The molecule has 0 radical (unpaired) electrons. The molecular formula is C16H19FN2O2. The zero-order valence-electron chi connectivity index (χ0n) is 11.8. The highest BCUT2D eigenvalue weighted by Crippen LogP contribution is 2.25. The molecule has 1 aliphatic heterocycles. The predicted molar refractivity (Wildman–Crippen MR) is 77.3 cm³/mol. The van der Waals surface area contributed by atoms with Crippen LogP contribution in [0.5, 0.6) is 0 Å². The second kappa shape index (κ2) is 5.93. The fraction of sp³-hybridized carbons (Fsp3) is 0.500. The normalized spacial score (nSPS) is 23.9. The quantitative estimate of drug-likeness (QED) is 0.870. The fourth-order valence-electron chi connectivity index (χ4n) is 3.18. The van der Waals surface area contributed by atoms with Gasteiger partial charge in [0, 0.05) is 6.04 Å². The van der Waals surface area contributed by atoms with Crippen molar-refractivity contribution in [2.24, 2.45) is 0 Å². The van der Waals surface area contributed by atoms with Gasteiger partial charge in [-0.15, -0.1) is 0 Å². The van der Waals surface area contributed by atoms with Gasteiger partial charge in [0.2, 0.25) is 5.91 Å². The van der Waals surface area contributed by atoms with Crippen molar-refractivity contribution in [3.8, 4) is 0 Å². The molecule has 1 saturated heterocycles. The third-order valence-corrected chi connectivity index (χ3v) is 4.27. The Bertz CT molecular complexity index is 538. The third kappa shape index (κ3) is 2.97. The van der Waals surface area contributed by atoms with Crippen LogP contribution in [0.25, 0.3) is 0 Å². The Hall–Kier alpha value is -1.75. The molecule has 2 aliphatic rings. The summed E-state index contributed by atoms with van der Waals surface area (Å²) in [5.41, 5.74) is 0.444. The summed E-state index contributed by atoms with van der Waals surface area (Å²) < 4.78 is 13.0. The van der Waals surface area contributed by atoms with Crippen molar-refractivity contribution >= 4 is 17.5 Å². The standard InChI is InChI=1S/C16H19FN2O2/c17-11-6-8-13(9-7-11)19-15(20)10-14(16(19)21)18-12-4-2-1-3-5-12/h6-9,12,14,18H,1-5,10H2. The van der Waals surface area contributed by atoms with E-state index < -0.39 is 6.04 Å². The van der Waals surface area contributed by atoms with E-state index in [4.69, 9.17) is 0 Å². The fourth-order valence-corrected chi connectivity index (χ4v) is 3.18. The molecule has 112 valence electrons. The van der Waals surface area contributed by atoms with Crippen LogP contribution in [0.2, 0.25) is 0 Å². The van der Waals surface area contributed by atoms with Gasteiger partial charge in [-0.2, -0.15) is 0 Å². The van der Waals surface area contributed by atoms with Crippen LogP contribution in [0.15, 0.2) is 24.3 Å². The number of hydrogen-bond acceptors (Lipinski definition) is 3. The number of nitrogens with zero attached hydrogens (tertiary/aromatic N) is 1. The van der Waals surface area contributed by atoms with Crippen molar-refractivity contribution in [3.63, 3.8) is 0 Å². The average molecular weight is 290 g/mol. The third-order valence-electron chi connectivity index (χ3n) is 4.27. The van der Waals surface area contributed by atoms with Crippen molar-refractivity contribution in [3.05, 3.63) is 30.1 Å². The van der Waals surface area contributed by atoms with Gasteiger partial charge < -0.3 is 5.32 Å². The molecule has 0 spiro atoms. The Morgan fingerprint density at radius 3 is 2.38 bits per heavy atom. The van der Waals surface area contributed by atoms with Crippen LogP contribution in [0.1, 0.15) is 38.5 Å². The molecule has 0 bridgehead atoms. The Morgan fingerprint density at radius 2 is 1.71 bits per heavy atom. The second-order valence-corrected chi connectivity index (χ2v) is 5.80. The Labute approximate surface area is 123 Å². The molecule has 4 nitrogen and oxygen atoms in total. The summed E-state index contributed by atoms with van der Waals surface area (Å²) in [7, 11) is 0. The number of amides is 2. The number of halogens is 1. The first-order chi connectivity index (χ1) is 10.1. The van der Waals surface area contributed by atoms with E-state index >= 15 is 0 Å². The molecule has 1 atom stereocenters. The van der Waals surface area contributed by atoms with Crippen LogP contribution >= 0.6 is 0 Å². The molecule has 1 saturated carbocycles. The van der Waals surface area contributed by atoms with Gasteiger partial charge >= 0.3 is 0 Å². The van der Waals surface area contributed by atoms with E-state index in [-0.39, 0.29) is 24.1 Å². The zero-order valence-corrected chi connectivity index (χ0v) is 11.8. The Morgan fingerprint density at radius 1 is 1.05 bits per heavy atom. The minimum absolute atomic E-state index is 0.187. The molecule has 2 amide bonds. The molecule has 1 aliphatic carbocycles. The lowest BCUT2D eigenvalue weighted by atomic mass is 9.95. The molecule has 0 aromatic heterocycles. The highest BCUT2D eigenvalue weighted by molar-refractivity contribution is 6.22. The van der Waals surface area contributed by atoms with Gasteiger partial charge in [-0.05, 0) is 37.1 Å². The lowest BCUT2D eigenvalue weighted by molar-refractivity contribution is -0.121. The summed E-state index contributed by atoms with van der Waals surface area (Å²) in [6, 6.07) is 5.34. The lowest BCUT2D eigenvalue weighted by Gasteiger charge is -2.25. The van der Waals surface area contributed by atoms with E-state index in [9.17, 15) is 14.0 Å². The summed E-state index contributed by atoms with van der Waals surface area (Å²) >= 11 is 0. The van der Waals surface area contributed by atoms with Crippen LogP contribution in [-0.2, 0) is 9.59 Å². The molecular weight excluding hydrogens is 271 g/mol. The smallest absolute Gasteiger partial charge is 0.251 e. The van der Waals surface area contributed by atoms with E-state index in [1.54, 1.807) is 0 Å². The van der Waals surface area contributed by atoms with Crippen LogP contribution in [0.3, 0.4) is 0 Å². The first-order valence-electron chi connectivity index (χ1n) is 7.53. The van der Waals surface area contributed by atoms with Crippen LogP contribution in [-0.4, -0.2) is 23.9 Å². The number of imide groups is 1. The maximum atomic E-state index is 13.0. The summed E-state index contributed by atoms with van der Waals surface area (Å²) in [6.45, 7) is 0. The van der Waals surface area contributed by atoms with Crippen molar-refractivity contribution in [2.75, 3.05) is 4.90 Å². The molecule has 1 aromatic carbocycles. The molecule has 3 rings (SSSR count). The minimum atomic E-state index is -0.439. The zero-order chi connectivity index (χ0) is 14.8. The number of nitrogens with one attached hydrogen (secondary N) is 1. The first-order valence-corrected chi connectivity index (χ1v) is 7.53. The molecule has 1 unspecified atom stereocenters. The monoisotopic (exact) mass is 290 g/mol. The summed E-state index contributed by atoms with van der Waals surface area (Å²) in [6.07, 6.45) is 5.91. The SMILES string of the molecule is O=C1CC(NC2CCCCC2)C(=O)N1c1ccc(F)cc1. The van der Waals surface area contributed by atoms with E-state index in [2.05, 4.69) is 5.32 Å². The number of carbonyl (C=O) groups excluding carboxylic acids is 2. The van der Waals surface area contributed by atoms with E-state index in [1.807, 2.05) is 0 Å². The highest BCUT2D eigenvalue weighted by Gasteiger charge is 2.40. The number of hydrogen-bond donors (Lipinski definition) is 1. The Kier molecular flexibility index (Phi) is 4.01. The minimum Gasteiger partial charge on any atom is -0.303 e. The summed E-state index contributed by atoms with van der Waals surface area (Å²) in [5.74, 6) is -0.827. The Balaban J connectivity index is 1.71. The largest absolute Gasteiger partial charge is 0.303 e. The number of anilines is 1. The summed E-state index contributed by atoms with van der Waals surface area (Å²) in [4.78, 5) is 25.7. The van der Waals surface area contributed by atoms with Crippen LogP contribution in [0.4, 0.5) is 10.1 Å². The van der Waals surface area contributed by atoms with Crippen LogP contribution < -0.4 is 10.2 Å². The highest BCUT2D eigenvalue weighted by atomic mass is 19.1. The van der Waals surface area contributed by atoms with Gasteiger partial charge in [0.15, 0.2) is 0 Å². The average Bonchev–Trinajstić information content (AvgIpc) is 2.76. The topological polar surface area (TPSA) is 49.4 Å². The molecule has 21 heavy (non-hydrogen) atoms. The second-order valence-electron chi connectivity index (χ2n) is 5.80. The predicted octanol–water partition coefficient (Wildman–Crippen LogP) is 2.38. The number of carbonyl (C=O) groups is 2. The summed E-state index contributed by atoms with van der Waals surface area (Å²) in [5, 5.41) is 3.32. The molecule has 2 fully saturated rings. The van der Waals surface area contributed by atoms with Crippen LogP contribution in [0, 0.1) is 5.82 Å². The molecule has 1 aromatic rings. The van der Waals surface area contributed by atoms with Gasteiger partial charge in [-0.25, -0.2) is 9.29 Å². The van der Waals surface area contributed by atoms with Gasteiger partial charge in [-0.1, -0.05) is 19.3 Å². The molecule has 1 N–H and O–H groups in total. The van der Waals surface area contributed by atoms with Crippen molar-refractivity contribution in [1.29, 1.82) is 0 Å². The lowest BCUT2D eigenvalue weighted by Crippen LogP contribution is -2.44. The van der Waals surface area contributed by atoms with Gasteiger partial charge in [0.25, 0.3) is 5.91 Å². The van der Waals surface area contributed by atoms with Gasteiger partial charge in [-0.3, -0.25) is 9.59 Å². The molecule has 5 heteroatoms. The van der Waals surface area contributed by atoms with E-state index in [1.165, 1.54) is 48.4 Å². The number of benzene rings is 1.